The van der Waals surface area contributed by atoms with Crippen molar-refractivity contribution in [3.05, 3.63) is 54.1 Å². The molecule has 0 aliphatic rings. The van der Waals surface area contributed by atoms with Crippen LogP contribution in [0.4, 0.5) is 21.9 Å². The molecule has 0 aromatic heterocycles. The Kier molecular flexibility index (Phi) is 3.85. The second-order valence-corrected chi connectivity index (χ2v) is 4.11. The van der Waals surface area contributed by atoms with Gasteiger partial charge in [-0.2, -0.15) is 0 Å². The molecule has 0 bridgehead atoms. The van der Waals surface area contributed by atoms with Crippen LogP contribution in [-0.2, 0) is 0 Å². The van der Waals surface area contributed by atoms with E-state index in [1.54, 1.807) is 48.5 Å². The molecular weight excluding hydrogens is 256 g/mol. The van der Waals surface area contributed by atoms with Crippen molar-refractivity contribution in [2.75, 3.05) is 16.4 Å². The van der Waals surface area contributed by atoms with Gasteiger partial charge in [0, 0.05) is 17.1 Å². The normalized spacial score (nSPS) is 9.80. The molecule has 0 unspecified atom stereocenters. The first-order chi connectivity index (χ1) is 9.56. The summed E-state index contributed by atoms with van der Waals surface area (Å²) in [6.45, 7) is 0. The van der Waals surface area contributed by atoms with Crippen LogP contribution in [0.2, 0.25) is 0 Å². The molecule has 0 aliphatic carbocycles. The molecule has 3 amide bonds. The molecule has 0 aliphatic heterocycles. The molecule has 2 aromatic carbocycles. The van der Waals surface area contributed by atoms with Crippen LogP contribution in [0, 0.1) is 0 Å². The van der Waals surface area contributed by atoms with Gasteiger partial charge in [-0.15, -0.1) is 0 Å². The summed E-state index contributed by atoms with van der Waals surface area (Å²) < 4.78 is 0. The first kappa shape index (κ1) is 13.4. The zero-order valence-corrected chi connectivity index (χ0v) is 10.6. The largest absolute Gasteiger partial charge is 0.398 e. The second-order valence-electron chi connectivity index (χ2n) is 4.11. The number of urea groups is 1. The van der Waals surface area contributed by atoms with Crippen LogP contribution in [0.5, 0.6) is 0 Å². The van der Waals surface area contributed by atoms with Crippen molar-refractivity contribution in [1.29, 1.82) is 0 Å². The van der Waals surface area contributed by atoms with Gasteiger partial charge in [-0.1, -0.05) is 18.2 Å². The molecule has 6 nitrogen and oxygen atoms in total. The molecule has 0 radical (unpaired) electrons. The Bertz CT molecular complexity index is 655. The van der Waals surface area contributed by atoms with Crippen molar-refractivity contribution in [2.45, 2.75) is 0 Å². The molecule has 0 heterocycles. The topological polar surface area (TPSA) is 110 Å². The van der Waals surface area contributed by atoms with Gasteiger partial charge in [0.25, 0.3) is 5.91 Å². The summed E-state index contributed by atoms with van der Waals surface area (Å²) in [4.78, 5) is 22.8. The van der Waals surface area contributed by atoms with E-state index in [2.05, 4.69) is 10.6 Å². The summed E-state index contributed by atoms with van der Waals surface area (Å²) in [7, 11) is 0. The van der Waals surface area contributed by atoms with Crippen LogP contribution in [0.25, 0.3) is 0 Å². The third-order valence-corrected chi connectivity index (χ3v) is 2.59. The van der Waals surface area contributed by atoms with E-state index in [0.29, 0.717) is 22.6 Å². The monoisotopic (exact) mass is 270 g/mol. The van der Waals surface area contributed by atoms with E-state index in [-0.39, 0.29) is 5.91 Å². The van der Waals surface area contributed by atoms with Crippen molar-refractivity contribution in [2.24, 2.45) is 5.73 Å². The third kappa shape index (κ3) is 3.26. The maximum Gasteiger partial charge on any atom is 0.316 e. The number of rotatable bonds is 3. The summed E-state index contributed by atoms with van der Waals surface area (Å²) in [5, 5.41) is 5.13. The van der Waals surface area contributed by atoms with Gasteiger partial charge < -0.3 is 22.1 Å². The predicted molar refractivity (Wildman–Crippen MR) is 78.5 cm³/mol. The minimum absolute atomic E-state index is 0.320. The number of amides is 3. The van der Waals surface area contributed by atoms with E-state index in [0.717, 1.165) is 0 Å². The number of carbonyl (C=O) groups is 2. The van der Waals surface area contributed by atoms with Crippen molar-refractivity contribution in [3.63, 3.8) is 0 Å². The van der Waals surface area contributed by atoms with E-state index >= 15 is 0 Å². The van der Waals surface area contributed by atoms with Gasteiger partial charge in [0.1, 0.15) is 0 Å². The van der Waals surface area contributed by atoms with Crippen molar-refractivity contribution >= 4 is 29.0 Å². The van der Waals surface area contributed by atoms with E-state index in [1.165, 1.54) is 0 Å². The molecule has 6 N–H and O–H groups in total. The lowest BCUT2D eigenvalue weighted by Gasteiger charge is -2.09. The standard InChI is InChI=1S/C14H14N4O2/c15-12-7-2-1-6-11(12)13(19)17-9-4-3-5-10(8-9)18-14(16)20/h1-8H,15H2,(H,17,19)(H3,16,18,20). The van der Waals surface area contributed by atoms with E-state index in [1.807, 2.05) is 0 Å². The van der Waals surface area contributed by atoms with E-state index < -0.39 is 6.03 Å². The van der Waals surface area contributed by atoms with Gasteiger partial charge in [-0.3, -0.25) is 4.79 Å². The van der Waals surface area contributed by atoms with Crippen molar-refractivity contribution in [3.8, 4) is 0 Å². The molecule has 0 saturated heterocycles. The number of primary amides is 1. The van der Waals surface area contributed by atoms with Gasteiger partial charge in [0.2, 0.25) is 0 Å². The molecule has 2 aromatic rings. The maximum atomic E-state index is 12.1. The molecular formula is C14H14N4O2. The second kappa shape index (κ2) is 5.75. The average Bonchev–Trinajstić information content (AvgIpc) is 2.38. The van der Waals surface area contributed by atoms with E-state index in [4.69, 9.17) is 11.5 Å². The lowest BCUT2D eigenvalue weighted by molar-refractivity contribution is 0.102. The van der Waals surface area contributed by atoms with Crippen LogP contribution < -0.4 is 22.1 Å². The highest BCUT2D eigenvalue weighted by Gasteiger charge is 2.09. The molecule has 6 heteroatoms. The van der Waals surface area contributed by atoms with Crippen molar-refractivity contribution < 1.29 is 9.59 Å². The zero-order valence-electron chi connectivity index (χ0n) is 10.6. The quantitative estimate of drug-likeness (QED) is 0.640. The van der Waals surface area contributed by atoms with Crippen LogP contribution in [0.3, 0.4) is 0 Å². The minimum Gasteiger partial charge on any atom is -0.398 e. The summed E-state index contributed by atoms with van der Waals surface area (Å²) in [5.74, 6) is -0.320. The van der Waals surface area contributed by atoms with Gasteiger partial charge in [0.15, 0.2) is 0 Å². The lowest BCUT2D eigenvalue weighted by atomic mass is 10.1. The number of benzene rings is 2. The predicted octanol–water partition coefficient (Wildman–Crippen LogP) is 2.01. The number of hydrogen-bond donors (Lipinski definition) is 4. The Morgan fingerprint density at radius 3 is 2.20 bits per heavy atom. The molecule has 20 heavy (non-hydrogen) atoms. The Labute approximate surface area is 115 Å². The third-order valence-electron chi connectivity index (χ3n) is 2.59. The van der Waals surface area contributed by atoms with Crippen molar-refractivity contribution in [1.82, 2.24) is 0 Å². The number of anilines is 3. The molecule has 0 spiro atoms. The van der Waals surface area contributed by atoms with Gasteiger partial charge in [0.05, 0.1) is 5.56 Å². The van der Waals surface area contributed by atoms with Gasteiger partial charge in [-0.05, 0) is 30.3 Å². The zero-order chi connectivity index (χ0) is 14.5. The van der Waals surface area contributed by atoms with E-state index in [9.17, 15) is 9.59 Å². The van der Waals surface area contributed by atoms with Crippen LogP contribution >= 0.6 is 0 Å². The minimum atomic E-state index is -0.666. The fourth-order valence-electron chi connectivity index (χ4n) is 1.72. The van der Waals surface area contributed by atoms with Crippen LogP contribution in [0.1, 0.15) is 10.4 Å². The SMILES string of the molecule is NC(=O)Nc1cccc(NC(=O)c2ccccc2N)c1. The van der Waals surface area contributed by atoms with Gasteiger partial charge in [-0.25, -0.2) is 4.79 Å². The Morgan fingerprint density at radius 1 is 0.900 bits per heavy atom. The molecule has 102 valence electrons. The summed E-state index contributed by atoms with van der Waals surface area (Å²) in [6, 6.07) is 12.8. The molecule has 0 saturated carbocycles. The summed E-state index contributed by atoms with van der Waals surface area (Å²) in [6.07, 6.45) is 0. The molecule has 0 fully saturated rings. The number of nitrogens with two attached hydrogens (primary N) is 2. The Hall–Kier alpha value is -3.02. The highest BCUT2D eigenvalue weighted by atomic mass is 16.2. The molecule has 2 rings (SSSR count). The number of nitrogens with one attached hydrogen (secondary N) is 2. The average molecular weight is 270 g/mol. The summed E-state index contributed by atoms with van der Waals surface area (Å²) >= 11 is 0. The number of carbonyl (C=O) groups excluding carboxylic acids is 2. The lowest BCUT2D eigenvalue weighted by Crippen LogP contribution is -2.19. The maximum absolute atomic E-state index is 12.1. The Morgan fingerprint density at radius 2 is 1.55 bits per heavy atom. The van der Waals surface area contributed by atoms with Gasteiger partial charge >= 0.3 is 6.03 Å². The fourth-order valence-corrected chi connectivity index (χ4v) is 1.72. The fraction of sp³-hybridized carbons (Fsp3) is 0. The number of para-hydroxylation sites is 1. The first-order valence-corrected chi connectivity index (χ1v) is 5.88. The molecule has 0 atom stereocenters. The van der Waals surface area contributed by atoms with Crippen LogP contribution in [0.15, 0.2) is 48.5 Å². The highest BCUT2D eigenvalue weighted by molar-refractivity contribution is 6.08. The smallest absolute Gasteiger partial charge is 0.316 e. The Balaban J connectivity index is 2.16. The number of hydrogen-bond acceptors (Lipinski definition) is 3. The summed E-state index contributed by atoms with van der Waals surface area (Å²) in [5.41, 5.74) is 12.6. The van der Waals surface area contributed by atoms with Crippen LogP contribution in [-0.4, -0.2) is 11.9 Å². The highest BCUT2D eigenvalue weighted by Crippen LogP contribution is 2.17. The first-order valence-electron chi connectivity index (χ1n) is 5.88. The number of nitrogen functional groups attached to an aromatic ring is 1.